The first-order valence-electron chi connectivity index (χ1n) is 6.03. The molecular formula is C14H13N3O4. The molecule has 0 saturated heterocycles. The Morgan fingerprint density at radius 3 is 2.62 bits per heavy atom. The molecule has 0 atom stereocenters. The maximum Gasteiger partial charge on any atom is 0.271 e. The summed E-state index contributed by atoms with van der Waals surface area (Å²) in [7, 11) is 0. The zero-order chi connectivity index (χ0) is 15.6. The number of aryl methyl sites for hydroxylation is 1. The standard InChI is InChI=1S/C14H13N3O4/c1-8-2-3-9(6-11(8)15)14(19)16-12-7-10(17(20)21)4-5-13(12)18/h2-7,18H,15H2,1H3,(H,16,19). The average molecular weight is 287 g/mol. The minimum Gasteiger partial charge on any atom is -0.506 e. The smallest absolute Gasteiger partial charge is 0.271 e. The van der Waals surface area contributed by atoms with Gasteiger partial charge in [0.05, 0.1) is 10.6 Å². The fourth-order valence-corrected chi connectivity index (χ4v) is 1.71. The van der Waals surface area contributed by atoms with Crippen LogP contribution in [0.25, 0.3) is 0 Å². The van der Waals surface area contributed by atoms with E-state index in [1.165, 1.54) is 6.07 Å². The molecule has 0 spiro atoms. The average Bonchev–Trinajstić information content (AvgIpc) is 2.43. The van der Waals surface area contributed by atoms with E-state index in [9.17, 15) is 20.0 Å². The van der Waals surface area contributed by atoms with Crippen molar-refractivity contribution in [2.24, 2.45) is 0 Å². The lowest BCUT2D eigenvalue weighted by atomic mass is 10.1. The number of hydrogen-bond donors (Lipinski definition) is 3. The molecule has 7 nitrogen and oxygen atoms in total. The summed E-state index contributed by atoms with van der Waals surface area (Å²) in [5.74, 6) is -0.772. The second-order valence-corrected chi connectivity index (χ2v) is 4.48. The molecule has 0 radical (unpaired) electrons. The van der Waals surface area contributed by atoms with Gasteiger partial charge in [0.25, 0.3) is 11.6 Å². The van der Waals surface area contributed by atoms with Crippen LogP contribution in [0.5, 0.6) is 5.75 Å². The maximum atomic E-state index is 12.1. The van der Waals surface area contributed by atoms with Gasteiger partial charge in [0, 0.05) is 23.4 Å². The molecule has 0 saturated carbocycles. The number of nitro groups is 1. The van der Waals surface area contributed by atoms with Gasteiger partial charge in [0.15, 0.2) is 0 Å². The van der Waals surface area contributed by atoms with Gasteiger partial charge < -0.3 is 16.2 Å². The van der Waals surface area contributed by atoms with Crippen LogP contribution in [0.1, 0.15) is 15.9 Å². The quantitative estimate of drug-likeness (QED) is 0.347. The fourth-order valence-electron chi connectivity index (χ4n) is 1.71. The molecule has 0 aromatic heterocycles. The Morgan fingerprint density at radius 1 is 1.29 bits per heavy atom. The number of carbonyl (C=O) groups is 1. The molecule has 7 heteroatoms. The molecule has 1 amide bonds. The molecule has 4 N–H and O–H groups in total. The lowest BCUT2D eigenvalue weighted by molar-refractivity contribution is -0.384. The van der Waals surface area contributed by atoms with Gasteiger partial charge in [-0.15, -0.1) is 0 Å². The molecule has 2 rings (SSSR count). The van der Waals surface area contributed by atoms with Crippen molar-refractivity contribution in [2.45, 2.75) is 6.92 Å². The first-order chi connectivity index (χ1) is 9.88. The summed E-state index contributed by atoms with van der Waals surface area (Å²) in [6.45, 7) is 1.81. The van der Waals surface area contributed by atoms with Crippen molar-refractivity contribution in [3.8, 4) is 5.75 Å². The van der Waals surface area contributed by atoms with Crippen LogP contribution in [0.4, 0.5) is 17.1 Å². The topological polar surface area (TPSA) is 118 Å². The lowest BCUT2D eigenvalue weighted by Gasteiger charge is -2.08. The van der Waals surface area contributed by atoms with Crippen molar-refractivity contribution in [1.29, 1.82) is 0 Å². The predicted octanol–water partition coefficient (Wildman–Crippen LogP) is 2.44. The molecular weight excluding hydrogens is 274 g/mol. The number of aromatic hydroxyl groups is 1. The third kappa shape index (κ3) is 3.08. The first-order valence-corrected chi connectivity index (χ1v) is 6.03. The van der Waals surface area contributed by atoms with Crippen LogP contribution in [0.15, 0.2) is 36.4 Å². The number of phenols is 1. The number of nitrogens with zero attached hydrogens (tertiary/aromatic N) is 1. The Balaban J connectivity index is 2.28. The fraction of sp³-hybridized carbons (Fsp3) is 0.0714. The summed E-state index contributed by atoms with van der Waals surface area (Å²) >= 11 is 0. The summed E-state index contributed by atoms with van der Waals surface area (Å²) in [5, 5.41) is 22.8. The van der Waals surface area contributed by atoms with E-state index in [1.54, 1.807) is 12.1 Å². The zero-order valence-corrected chi connectivity index (χ0v) is 11.2. The van der Waals surface area contributed by atoms with Crippen molar-refractivity contribution >= 4 is 23.0 Å². The van der Waals surface area contributed by atoms with E-state index < -0.39 is 10.8 Å². The molecule has 2 aromatic carbocycles. The number of phenolic OH excluding ortho intramolecular Hbond substituents is 1. The van der Waals surface area contributed by atoms with Gasteiger partial charge in [-0.1, -0.05) is 6.07 Å². The van der Waals surface area contributed by atoms with Crippen LogP contribution < -0.4 is 11.1 Å². The van der Waals surface area contributed by atoms with E-state index in [0.29, 0.717) is 11.3 Å². The molecule has 0 aliphatic rings. The molecule has 0 fully saturated rings. The number of amides is 1. The van der Waals surface area contributed by atoms with Crippen LogP contribution in [0.3, 0.4) is 0 Å². The second-order valence-electron chi connectivity index (χ2n) is 4.48. The molecule has 0 aliphatic heterocycles. The summed E-state index contributed by atoms with van der Waals surface area (Å²) in [4.78, 5) is 22.1. The number of rotatable bonds is 3. The molecule has 0 heterocycles. The van der Waals surface area contributed by atoms with E-state index in [4.69, 9.17) is 5.73 Å². The van der Waals surface area contributed by atoms with Gasteiger partial charge in [-0.2, -0.15) is 0 Å². The van der Waals surface area contributed by atoms with Gasteiger partial charge in [0.1, 0.15) is 5.75 Å². The Hall–Kier alpha value is -3.09. The summed E-state index contributed by atoms with van der Waals surface area (Å²) in [6.07, 6.45) is 0. The predicted molar refractivity (Wildman–Crippen MR) is 78.3 cm³/mol. The highest BCUT2D eigenvalue weighted by atomic mass is 16.6. The van der Waals surface area contributed by atoms with Crippen LogP contribution in [0, 0.1) is 17.0 Å². The monoisotopic (exact) mass is 287 g/mol. The number of nitro benzene ring substituents is 1. The van der Waals surface area contributed by atoms with Gasteiger partial charge in [0.2, 0.25) is 0 Å². The minimum atomic E-state index is -0.612. The van der Waals surface area contributed by atoms with Crippen molar-refractivity contribution in [1.82, 2.24) is 0 Å². The number of nitrogens with one attached hydrogen (secondary N) is 1. The number of hydrogen-bond acceptors (Lipinski definition) is 5. The van der Waals surface area contributed by atoms with E-state index in [-0.39, 0.29) is 17.1 Å². The summed E-state index contributed by atoms with van der Waals surface area (Å²) < 4.78 is 0. The Bertz CT molecular complexity index is 728. The largest absolute Gasteiger partial charge is 0.506 e. The van der Waals surface area contributed by atoms with E-state index in [1.807, 2.05) is 6.92 Å². The van der Waals surface area contributed by atoms with Crippen molar-refractivity contribution in [3.63, 3.8) is 0 Å². The Kier molecular flexibility index (Phi) is 3.75. The normalized spacial score (nSPS) is 10.1. The number of anilines is 2. The number of carbonyl (C=O) groups excluding carboxylic acids is 1. The molecule has 0 aliphatic carbocycles. The SMILES string of the molecule is Cc1ccc(C(=O)Nc2cc([N+](=O)[O-])ccc2O)cc1N. The van der Waals surface area contributed by atoms with Crippen LogP contribution in [-0.2, 0) is 0 Å². The number of benzene rings is 2. The molecule has 2 aromatic rings. The number of nitrogens with two attached hydrogens (primary N) is 1. The highest BCUT2D eigenvalue weighted by Gasteiger charge is 2.14. The maximum absolute atomic E-state index is 12.1. The first kappa shape index (κ1) is 14.3. The molecule has 108 valence electrons. The van der Waals surface area contributed by atoms with Gasteiger partial charge in [-0.3, -0.25) is 14.9 Å². The van der Waals surface area contributed by atoms with Crippen LogP contribution in [-0.4, -0.2) is 15.9 Å². The van der Waals surface area contributed by atoms with Crippen LogP contribution in [0.2, 0.25) is 0 Å². The lowest BCUT2D eigenvalue weighted by Crippen LogP contribution is -2.12. The second kappa shape index (κ2) is 5.49. The third-order valence-corrected chi connectivity index (χ3v) is 2.98. The molecule has 0 bridgehead atoms. The zero-order valence-electron chi connectivity index (χ0n) is 11.2. The van der Waals surface area contributed by atoms with Crippen molar-refractivity contribution in [2.75, 3.05) is 11.1 Å². The Morgan fingerprint density at radius 2 is 2.00 bits per heavy atom. The van der Waals surface area contributed by atoms with Crippen molar-refractivity contribution in [3.05, 3.63) is 57.6 Å². The van der Waals surface area contributed by atoms with Gasteiger partial charge >= 0.3 is 0 Å². The molecule has 0 unspecified atom stereocenters. The number of non-ortho nitro benzene ring substituents is 1. The summed E-state index contributed by atoms with van der Waals surface area (Å²) in [5.41, 5.74) is 7.06. The highest BCUT2D eigenvalue weighted by Crippen LogP contribution is 2.28. The highest BCUT2D eigenvalue weighted by molar-refractivity contribution is 6.05. The Labute approximate surface area is 120 Å². The van der Waals surface area contributed by atoms with Crippen molar-refractivity contribution < 1.29 is 14.8 Å². The van der Waals surface area contributed by atoms with E-state index >= 15 is 0 Å². The minimum absolute atomic E-state index is 0.0339. The van der Waals surface area contributed by atoms with Crippen LogP contribution >= 0.6 is 0 Å². The molecule has 21 heavy (non-hydrogen) atoms. The van der Waals surface area contributed by atoms with Gasteiger partial charge in [-0.25, -0.2) is 0 Å². The van der Waals surface area contributed by atoms with E-state index in [0.717, 1.165) is 23.8 Å². The van der Waals surface area contributed by atoms with Gasteiger partial charge in [-0.05, 0) is 30.7 Å². The third-order valence-electron chi connectivity index (χ3n) is 2.98. The summed E-state index contributed by atoms with van der Waals surface area (Å²) in [6, 6.07) is 8.16. The van der Waals surface area contributed by atoms with E-state index in [2.05, 4.69) is 5.32 Å². The number of nitrogen functional groups attached to an aromatic ring is 1.